The molecule has 13 nitrogen and oxygen atoms in total. The van der Waals surface area contributed by atoms with Crippen LogP contribution in [-0.2, 0) is 23.7 Å². The SMILES string of the molecule is C[C@@H](CC[C@@]1(O)O[C@H]2C[C@H]3[C@@H]4CC[C@@H]5C[C@@H](O[C@@H]6O[C@H](CO)[C@H](O)[C@H](O)[C@H]6O)CC[C@]5(C)[C@H]4CC[C@]3(C)[C@H]2[C@@H]1C)CO[C@@H]1O[C@@H](C)[C@@H](O)[C@@H](O)[C@@H]1O. The van der Waals surface area contributed by atoms with E-state index in [0.29, 0.717) is 36.5 Å². The van der Waals surface area contributed by atoms with Crippen LogP contribution in [0.2, 0.25) is 0 Å². The van der Waals surface area contributed by atoms with Gasteiger partial charge in [-0.1, -0.05) is 27.7 Å². The van der Waals surface area contributed by atoms with Crippen LogP contribution in [0.3, 0.4) is 0 Å². The van der Waals surface area contributed by atoms with Gasteiger partial charge in [0.15, 0.2) is 18.4 Å². The minimum absolute atomic E-state index is 0.0138. The van der Waals surface area contributed by atoms with E-state index in [4.69, 9.17) is 23.7 Å². The lowest BCUT2D eigenvalue weighted by Gasteiger charge is -2.61. The van der Waals surface area contributed by atoms with Crippen LogP contribution in [0, 0.1) is 52.3 Å². The number of aliphatic hydroxyl groups excluding tert-OH is 7. The number of ether oxygens (including phenoxy) is 5. The summed E-state index contributed by atoms with van der Waals surface area (Å²) in [5.74, 6) is 1.32. The molecule has 8 N–H and O–H groups in total. The second kappa shape index (κ2) is 14.8. The number of aliphatic hydroxyl groups is 8. The van der Waals surface area contributed by atoms with Crippen molar-refractivity contribution in [3.8, 4) is 0 Å². The van der Waals surface area contributed by atoms with Gasteiger partial charge in [-0.05, 0) is 111 Å². The second-order valence-corrected chi connectivity index (χ2v) is 18.6. The fraction of sp³-hybridized carbons (Fsp3) is 1.00. The van der Waals surface area contributed by atoms with Crippen molar-refractivity contribution >= 4 is 0 Å². The van der Waals surface area contributed by atoms with E-state index in [9.17, 15) is 40.9 Å². The third-order valence-corrected chi connectivity index (χ3v) is 15.8. The van der Waals surface area contributed by atoms with Crippen molar-refractivity contribution in [2.24, 2.45) is 52.3 Å². The van der Waals surface area contributed by atoms with Crippen LogP contribution in [0.15, 0.2) is 0 Å². The molecule has 7 aliphatic rings. The van der Waals surface area contributed by atoms with E-state index in [1.807, 2.05) is 6.92 Å². The van der Waals surface area contributed by atoms with E-state index in [1.165, 1.54) is 0 Å². The molecule has 0 spiro atoms. The number of hydrogen-bond acceptors (Lipinski definition) is 13. The summed E-state index contributed by atoms with van der Waals surface area (Å²) in [5, 5.41) is 83.0. The molecule has 0 aromatic heterocycles. The fourth-order valence-corrected chi connectivity index (χ4v) is 12.6. The van der Waals surface area contributed by atoms with Crippen molar-refractivity contribution in [3.63, 3.8) is 0 Å². The molecule has 300 valence electrons. The van der Waals surface area contributed by atoms with E-state index in [-0.39, 0.29) is 47.4 Å². The monoisotopic (exact) mass is 742 g/mol. The van der Waals surface area contributed by atoms with Crippen LogP contribution in [0.4, 0.5) is 0 Å². The number of fused-ring (bicyclic) bond motifs is 7. The van der Waals surface area contributed by atoms with Gasteiger partial charge in [-0.15, -0.1) is 0 Å². The van der Waals surface area contributed by atoms with E-state index < -0.39 is 73.8 Å². The highest BCUT2D eigenvalue weighted by molar-refractivity contribution is 5.15. The lowest BCUT2D eigenvalue weighted by atomic mass is 9.44. The highest BCUT2D eigenvalue weighted by atomic mass is 16.7. The van der Waals surface area contributed by atoms with Gasteiger partial charge in [-0.3, -0.25) is 0 Å². The molecule has 4 saturated carbocycles. The largest absolute Gasteiger partial charge is 0.394 e. The van der Waals surface area contributed by atoms with Gasteiger partial charge < -0.3 is 64.5 Å². The third kappa shape index (κ3) is 6.63. The molecule has 0 radical (unpaired) electrons. The average Bonchev–Trinajstić information content (AvgIpc) is 3.55. The minimum Gasteiger partial charge on any atom is -0.394 e. The summed E-state index contributed by atoms with van der Waals surface area (Å²) in [6.07, 6.45) is -2.58. The summed E-state index contributed by atoms with van der Waals surface area (Å²) in [7, 11) is 0. The lowest BCUT2D eigenvalue weighted by molar-refractivity contribution is -0.316. The molecule has 0 aromatic carbocycles. The van der Waals surface area contributed by atoms with Gasteiger partial charge in [0.05, 0.1) is 31.5 Å². The summed E-state index contributed by atoms with van der Waals surface area (Å²) in [4.78, 5) is 0. The first-order valence-electron chi connectivity index (χ1n) is 20.2. The van der Waals surface area contributed by atoms with Crippen LogP contribution in [0.1, 0.15) is 98.8 Å². The Morgan fingerprint density at radius 2 is 1.46 bits per heavy atom. The molecule has 0 unspecified atom stereocenters. The zero-order valence-electron chi connectivity index (χ0n) is 31.6. The topological polar surface area (TPSA) is 208 Å². The van der Waals surface area contributed by atoms with E-state index in [1.54, 1.807) is 6.92 Å². The molecule has 13 heteroatoms. The second-order valence-electron chi connectivity index (χ2n) is 18.6. The molecule has 0 amide bonds. The van der Waals surface area contributed by atoms with Gasteiger partial charge in [0, 0.05) is 12.3 Å². The molecular formula is C39H66O13. The molecular weight excluding hydrogens is 676 g/mol. The van der Waals surface area contributed by atoms with E-state index in [2.05, 4.69) is 20.8 Å². The van der Waals surface area contributed by atoms with E-state index in [0.717, 1.165) is 51.4 Å². The highest BCUT2D eigenvalue weighted by Gasteiger charge is 2.68. The maximum absolute atomic E-state index is 12.0. The summed E-state index contributed by atoms with van der Waals surface area (Å²) in [5.41, 5.74) is 0.269. The van der Waals surface area contributed by atoms with Crippen LogP contribution < -0.4 is 0 Å². The maximum Gasteiger partial charge on any atom is 0.186 e. The number of rotatable bonds is 9. The quantitative estimate of drug-likeness (QED) is 0.158. The summed E-state index contributed by atoms with van der Waals surface area (Å²) >= 11 is 0. The summed E-state index contributed by atoms with van der Waals surface area (Å²) < 4.78 is 30.0. The molecule has 3 heterocycles. The average molecular weight is 743 g/mol. The molecule has 52 heavy (non-hydrogen) atoms. The molecule has 7 fully saturated rings. The Bertz CT molecular complexity index is 1240. The van der Waals surface area contributed by atoms with Crippen molar-refractivity contribution in [1.29, 1.82) is 0 Å². The van der Waals surface area contributed by atoms with Gasteiger partial charge in [0.2, 0.25) is 0 Å². The fourth-order valence-electron chi connectivity index (χ4n) is 12.6. The molecule has 22 atom stereocenters. The van der Waals surface area contributed by atoms with Crippen molar-refractivity contribution < 1.29 is 64.5 Å². The Hall–Kier alpha value is -0.520. The predicted molar refractivity (Wildman–Crippen MR) is 185 cm³/mol. The van der Waals surface area contributed by atoms with Crippen LogP contribution in [0.25, 0.3) is 0 Å². The van der Waals surface area contributed by atoms with Crippen LogP contribution in [0.5, 0.6) is 0 Å². The zero-order chi connectivity index (χ0) is 37.5. The maximum atomic E-state index is 12.0. The normalized spacial score (nSPS) is 56.7. The summed E-state index contributed by atoms with van der Waals surface area (Å²) in [6, 6.07) is 0. The van der Waals surface area contributed by atoms with Crippen LogP contribution >= 0.6 is 0 Å². The van der Waals surface area contributed by atoms with Crippen molar-refractivity contribution in [3.05, 3.63) is 0 Å². The van der Waals surface area contributed by atoms with Gasteiger partial charge in [0.1, 0.15) is 42.7 Å². The van der Waals surface area contributed by atoms with Gasteiger partial charge in [0.25, 0.3) is 0 Å². The van der Waals surface area contributed by atoms with Crippen molar-refractivity contribution in [2.45, 2.75) is 178 Å². The first-order valence-corrected chi connectivity index (χ1v) is 20.2. The molecule has 3 aliphatic heterocycles. The minimum atomic E-state index is -1.44. The molecule has 7 rings (SSSR count). The molecule has 0 aromatic rings. The Balaban J connectivity index is 0.934. The van der Waals surface area contributed by atoms with Gasteiger partial charge >= 0.3 is 0 Å². The first-order chi connectivity index (χ1) is 24.5. The molecule has 4 aliphatic carbocycles. The van der Waals surface area contributed by atoms with E-state index >= 15 is 0 Å². The molecule has 0 bridgehead atoms. The zero-order valence-corrected chi connectivity index (χ0v) is 31.6. The van der Waals surface area contributed by atoms with Gasteiger partial charge in [-0.25, -0.2) is 0 Å². The first kappa shape index (κ1) is 39.7. The summed E-state index contributed by atoms with van der Waals surface area (Å²) in [6.45, 7) is 10.6. The Morgan fingerprint density at radius 1 is 0.769 bits per heavy atom. The third-order valence-electron chi connectivity index (χ3n) is 15.8. The van der Waals surface area contributed by atoms with Gasteiger partial charge in [-0.2, -0.15) is 0 Å². The standard InChI is InChI=1S/C39H66O13/c1-18(17-48-35-33(45)31(43)29(41)20(3)49-35)8-13-39(47)19(2)28-26(52-39)15-25-23-7-6-21-14-22(9-11-37(21,4)24(23)10-12-38(25,28)5)50-36-34(46)32(44)30(42)27(16-40)51-36/h18-36,40-47H,6-17H2,1-5H3/t18-,19-,20-,21+,22-,23+,24-,25-,26-,27+,28-,29+,30-,31+,32-,33-,34+,35+,36+,37-,38-,39+/m0/s1. The Labute approximate surface area is 307 Å². The highest BCUT2D eigenvalue weighted by Crippen LogP contribution is 2.71. The van der Waals surface area contributed by atoms with Crippen molar-refractivity contribution in [1.82, 2.24) is 0 Å². The van der Waals surface area contributed by atoms with Crippen LogP contribution in [-0.4, -0.2) is 133 Å². The Kier molecular flexibility index (Phi) is 11.3. The lowest BCUT2D eigenvalue weighted by Crippen LogP contribution is -2.60. The Morgan fingerprint density at radius 3 is 2.19 bits per heavy atom. The molecule has 3 saturated heterocycles. The predicted octanol–water partition coefficient (Wildman–Crippen LogP) is 1.42. The number of hydrogen-bond donors (Lipinski definition) is 8. The smallest absolute Gasteiger partial charge is 0.186 e. The van der Waals surface area contributed by atoms with Crippen molar-refractivity contribution in [2.75, 3.05) is 13.2 Å².